The van der Waals surface area contributed by atoms with Gasteiger partial charge in [-0.1, -0.05) is 6.92 Å². The highest BCUT2D eigenvalue weighted by Crippen LogP contribution is 2.16. The molecule has 0 aliphatic heterocycles. The summed E-state index contributed by atoms with van der Waals surface area (Å²) in [6, 6.07) is 3.88. The van der Waals surface area contributed by atoms with Gasteiger partial charge in [-0.25, -0.2) is 0 Å². The van der Waals surface area contributed by atoms with Gasteiger partial charge in [0, 0.05) is 18.3 Å². The van der Waals surface area contributed by atoms with Gasteiger partial charge in [0.05, 0.1) is 5.69 Å². The molecule has 1 N–H and O–H groups in total. The Kier molecular flexibility index (Phi) is 4.94. The molecule has 1 aromatic heterocycles. The molecule has 0 aliphatic rings. The fourth-order valence-electron chi connectivity index (χ4n) is 1.46. The highest BCUT2D eigenvalue weighted by molar-refractivity contribution is 5.25. The molecule has 0 saturated carbocycles. The van der Waals surface area contributed by atoms with Gasteiger partial charge in [0.15, 0.2) is 0 Å². The van der Waals surface area contributed by atoms with Crippen molar-refractivity contribution < 1.29 is 4.74 Å². The molecule has 1 rings (SSSR count). The molecule has 17 heavy (non-hydrogen) atoms. The lowest BCUT2D eigenvalue weighted by molar-refractivity contribution is 0.179. The first kappa shape index (κ1) is 14.0. The SMILES string of the molecule is CCC(CNC(C)(C)C)Oc1cccnc1C. The van der Waals surface area contributed by atoms with Crippen LogP contribution in [-0.4, -0.2) is 23.2 Å². The predicted octanol–water partition coefficient (Wildman–Crippen LogP) is 2.94. The highest BCUT2D eigenvalue weighted by atomic mass is 16.5. The van der Waals surface area contributed by atoms with Crippen LogP contribution in [0, 0.1) is 6.92 Å². The minimum absolute atomic E-state index is 0.126. The van der Waals surface area contributed by atoms with E-state index in [0.717, 1.165) is 24.4 Å². The van der Waals surface area contributed by atoms with Gasteiger partial charge < -0.3 is 10.1 Å². The highest BCUT2D eigenvalue weighted by Gasteiger charge is 2.14. The molecule has 0 saturated heterocycles. The van der Waals surface area contributed by atoms with Crippen LogP contribution in [0.1, 0.15) is 39.8 Å². The molecule has 3 heteroatoms. The Morgan fingerprint density at radius 2 is 2.12 bits per heavy atom. The number of rotatable bonds is 5. The molecule has 0 fully saturated rings. The summed E-state index contributed by atoms with van der Waals surface area (Å²) in [4.78, 5) is 4.23. The number of ether oxygens (including phenoxy) is 1. The standard InChI is InChI=1S/C14H24N2O/c1-6-12(10-16-14(3,4)5)17-13-8-7-9-15-11(13)2/h7-9,12,16H,6,10H2,1-5H3. The Morgan fingerprint density at radius 3 is 2.65 bits per heavy atom. The second-order valence-corrected chi connectivity index (χ2v) is 5.37. The van der Waals surface area contributed by atoms with Gasteiger partial charge in [0.25, 0.3) is 0 Å². The molecule has 3 nitrogen and oxygen atoms in total. The minimum atomic E-state index is 0.126. The van der Waals surface area contributed by atoms with Crippen molar-refractivity contribution in [2.24, 2.45) is 0 Å². The molecule has 0 spiro atoms. The predicted molar refractivity (Wildman–Crippen MR) is 71.4 cm³/mol. The minimum Gasteiger partial charge on any atom is -0.487 e. The molecule has 1 atom stereocenters. The monoisotopic (exact) mass is 236 g/mol. The van der Waals surface area contributed by atoms with Crippen LogP contribution in [0.5, 0.6) is 5.75 Å². The van der Waals surface area contributed by atoms with Crippen molar-refractivity contribution in [2.75, 3.05) is 6.54 Å². The van der Waals surface area contributed by atoms with Gasteiger partial charge in [0.1, 0.15) is 11.9 Å². The summed E-state index contributed by atoms with van der Waals surface area (Å²) in [5, 5.41) is 3.47. The van der Waals surface area contributed by atoms with Gasteiger partial charge in [0.2, 0.25) is 0 Å². The Morgan fingerprint density at radius 1 is 1.41 bits per heavy atom. The van der Waals surface area contributed by atoms with Gasteiger partial charge in [-0.3, -0.25) is 4.98 Å². The Labute approximate surface area is 105 Å². The van der Waals surface area contributed by atoms with Crippen LogP contribution in [0.4, 0.5) is 0 Å². The molecule has 0 amide bonds. The Hall–Kier alpha value is -1.09. The van der Waals surface area contributed by atoms with Crippen molar-refractivity contribution in [3.8, 4) is 5.75 Å². The first-order valence-electron chi connectivity index (χ1n) is 6.25. The first-order chi connectivity index (χ1) is 7.92. The smallest absolute Gasteiger partial charge is 0.140 e. The van der Waals surface area contributed by atoms with E-state index >= 15 is 0 Å². The Bertz CT molecular complexity index is 344. The van der Waals surface area contributed by atoms with Crippen LogP contribution < -0.4 is 10.1 Å². The maximum Gasteiger partial charge on any atom is 0.140 e. The summed E-state index contributed by atoms with van der Waals surface area (Å²) in [6.07, 6.45) is 2.96. The number of nitrogens with zero attached hydrogens (tertiary/aromatic N) is 1. The fraction of sp³-hybridized carbons (Fsp3) is 0.643. The van der Waals surface area contributed by atoms with E-state index in [1.807, 2.05) is 19.1 Å². The molecule has 1 aromatic rings. The third-order valence-electron chi connectivity index (χ3n) is 2.57. The van der Waals surface area contributed by atoms with Gasteiger partial charge in [-0.05, 0) is 46.2 Å². The molecule has 1 unspecified atom stereocenters. The number of hydrogen-bond acceptors (Lipinski definition) is 3. The van der Waals surface area contributed by atoms with Crippen LogP contribution in [0.2, 0.25) is 0 Å². The maximum absolute atomic E-state index is 5.96. The second-order valence-electron chi connectivity index (χ2n) is 5.37. The van der Waals surface area contributed by atoms with Gasteiger partial charge in [-0.15, -0.1) is 0 Å². The average Bonchev–Trinajstić information content (AvgIpc) is 2.25. The first-order valence-corrected chi connectivity index (χ1v) is 6.25. The van der Waals surface area contributed by atoms with Crippen LogP contribution in [0.25, 0.3) is 0 Å². The lowest BCUT2D eigenvalue weighted by Gasteiger charge is -2.25. The zero-order valence-electron chi connectivity index (χ0n) is 11.6. The van der Waals surface area contributed by atoms with Crippen molar-refractivity contribution in [1.82, 2.24) is 10.3 Å². The largest absolute Gasteiger partial charge is 0.487 e. The number of pyridine rings is 1. The zero-order chi connectivity index (χ0) is 12.9. The van der Waals surface area contributed by atoms with Crippen molar-refractivity contribution >= 4 is 0 Å². The number of aryl methyl sites for hydroxylation is 1. The molecule has 0 bridgehead atoms. The Balaban J connectivity index is 2.56. The molecule has 0 aromatic carbocycles. The van der Waals surface area contributed by atoms with Crippen molar-refractivity contribution in [3.05, 3.63) is 24.0 Å². The fourth-order valence-corrected chi connectivity index (χ4v) is 1.46. The molecule has 0 radical (unpaired) electrons. The third kappa shape index (κ3) is 5.18. The van der Waals surface area contributed by atoms with Crippen LogP contribution in [0.3, 0.4) is 0 Å². The normalized spacial score (nSPS) is 13.5. The molecule has 96 valence electrons. The summed E-state index contributed by atoms with van der Waals surface area (Å²) in [6.45, 7) is 11.5. The topological polar surface area (TPSA) is 34.1 Å². The van der Waals surface area contributed by atoms with Crippen molar-refractivity contribution in [2.45, 2.75) is 52.7 Å². The number of hydrogen-bond donors (Lipinski definition) is 1. The van der Waals surface area contributed by atoms with Crippen molar-refractivity contribution in [3.63, 3.8) is 0 Å². The molecule has 0 aliphatic carbocycles. The molecule has 1 heterocycles. The summed E-state index contributed by atoms with van der Waals surface area (Å²) in [7, 11) is 0. The second kappa shape index (κ2) is 6.01. The summed E-state index contributed by atoms with van der Waals surface area (Å²) >= 11 is 0. The number of nitrogens with one attached hydrogen (secondary N) is 1. The van der Waals surface area contributed by atoms with E-state index in [-0.39, 0.29) is 11.6 Å². The molecular formula is C14H24N2O. The average molecular weight is 236 g/mol. The van der Waals surface area contributed by atoms with Crippen LogP contribution >= 0.6 is 0 Å². The molecular weight excluding hydrogens is 212 g/mol. The van der Waals surface area contributed by atoms with Crippen molar-refractivity contribution in [1.29, 1.82) is 0 Å². The van der Waals surface area contributed by atoms with E-state index < -0.39 is 0 Å². The quantitative estimate of drug-likeness (QED) is 0.853. The third-order valence-corrected chi connectivity index (χ3v) is 2.57. The van der Waals surface area contributed by atoms with E-state index in [2.05, 4.69) is 38.0 Å². The maximum atomic E-state index is 5.96. The zero-order valence-corrected chi connectivity index (χ0v) is 11.6. The number of aromatic nitrogens is 1. The van der Waals surface area contributed by atoms with Gasteiger partial charge in [-0.2, -0.15) is 0 Å². The van der Waals surface area contributed by atoms with E-state index in [9.17, 15) is 0 Å². The lowest BCUT2D eigenvalue weighted by atomic mass is 10.1. The van der Waals surface area contributed by atoms with E-state index in [1.54, 1.807) is 6.20 Å². The van der Waals surface area contributed by atoms with Crippen LogP contribution in [-0.2, 0) is 0 Å². The van der Waals surface area contributed by atoms with Crippen LogP contribution in [0.15, 0.2) is 18.3 Å². The summed E-state index contributed by atoms with van der Waals surface area (Å²) in [5.41, 5.74) is 1.07. The van der Waals surface area contributed by atoms with Gasteiger partial charge >= 0.3 is 0 Å². The lowest BCUT2D eigenvalue weighted by Crippen LogP contribution is -2.42. The van der Waals surface area contributed by atoms with E-state index in [1.165, 1.54) is 0 Å². The van der Waals surface area contributed by atoms with E-state index in [4.69, 9.17) is 4.74 Å². The summed E-state index contributed by atoms with van der Waals surface area (Å²) in [5.74, 6) is 0.884. The summed E-state index contributed by atoms with van der Waals surface area (Å²) < 4.78 is 5.96. The van der Waals surface area contributed by atoms with E-state index in [0.29, 0.717) is 0 Å².